The Labute approximate surface area is 371 Å². The third kappa shape index (κ3) is 21.1. The van der Waals surface area contributed by atoms with Gasteiger partial charge in [-0.15, -0.1) is 0 Å². The first kappa shape index (κ1) is 53.7. The number of ether oxygens (including phenoxy) is 1. The van der Waals surface area contributed by atoms with Crippen molar-refractivity contribution in [3.63, 3.8) is 0 Å². The molecule has 0 saturated carbocycles. The molecule has 0 fully saturated rings. The van der Waals surface area contributed by atoms with E-state index in [4.69, 9.17) is 14.6 Å². The molecule has 0 radical (unpaired) electrons. The van der Waals surface area contributed by atoms with Crippen LogP contribution >= 0.6 is 0 Å². The van der Waals surface area contributed by atoms with Crippen LogP contribution in [0.1, 0.15) is 78.0 Å². The molecule has 350 valence electrons. The summed E-state index contributed by atoms with van der Waals surface area (Å²) in [6.45, 7) is 12.6. The van der Waals surface area contributed by atoms with E-state index in [2.05, 4.69) is 26.6 Å². The summed E-state index contributed by atoms with van der Waals surface area (Å²) < 4.78 is 37.2. The van der Waals surface area contributed by atoms with Crippen LogP contribution < -0.4 is 26.6 Å². The first-order chi connectivity index (χ1) is 29.8. The fraction of sp³-hybridized carbons (Fsp3) is 0.457. The van der Waals surface area contributed by atoms with Gasteiger partial charge >= 0.3 is 24.2 Å². The molecule has 5 amide bonds. The van der Waals surface area contributed by atoms with Crippen LogP contribution in [-0.2, 0) is 52.8 Å². The quantitative estimate of drug-likeness (QED) is 0.0768. The number of alkyl carbamates (subject to hydrolysis) is 1. The predicted molar refractivity (Wildman–Crippen MR) is 232 cm³/mol. The summed E-state index contributed by atoms with van der Waals surface area (Å²) in [5.74, 6) is -6.69. The van der Waals surface area contributed by atoms with Gasteiger partial charge in [-0.25, -0.2) is 14.4 Å². The zero-order valence-corrected chi connectivity index (χ0v) is 37.0. The lowest BCUT2D eigenvalue weighted by atomic mass is 9.98. The van der Waals surface area contributed by atoms with E-state index in [0.29, 0.717) is 0 Å². The molecule has 18 heteroatoms. The number of halogens is 3. The fourth-order valence-corrected chi connectivity index (χ4v) is 6.11. The Morgan fingerprint density at radius 2 is 0.781 bits per heavy atom. The molecular formula is C46H60F3N5O10. The Balaban J connectivity index is 0.00000185. The number of alkyl halides is 3. The van der Waals surface area contributed by atoms with Crippen molar-refractivity contribution in [1.29, 1.82) is 0 Å². The number of carboxylic acids is 2. The minimum Gasteiger partial charge on any atom is -0.480 e. The second kappa shape index (κ2) is 25.6. The summed E-state index contributed by atoms with van der Waals surface area (Å²) in [6.07, 6.45) is -5.26. The fourth-order valence-electron chi connectivity index (χ4n) is 6.11. The van der Waals surface area contributed by atoms with Crippen molar-refractivity contribution in [2.75, 3.05) is 0 Å². The molecule has 0 aliphatic heterocycles. The van der Waals surface area contributed by atoms with Crippen molar-refractivity contribution >= 4 is 41.7 Å². The van der Waals surface area contributed by atoms with E-state index in [9.17, 15) is 47.0 Å². The lowest BCUT2D eigenvalue weighted by Gasteiger charge is -2.28. The molecule has 3 aromatic carbocycles. The van der Waals surface area contributed by atoms with Crippen molar-refractivity contribution in [1.82, 2.24) is 26.6 Å². The van der Waals surface area contributed by atoms with Gasteiger partial charge in [-0.1, -0.05) is 119 Å². The van der Waals surface area contributed by atoms with Crippen molar-refractivity contribution in [2.24, 2.45) is 11.8 Å². The molecule has 7 N–H and O–H groups in total. The van der Waals surface area contributed by atoms with E-state index in [1.807, 2.05) is 70.2 Å². The zero-order valence-electron chi connectivity index (χ0n) is 37.0. The normalized spacial score (nSPS) is 13.7. The van der Waals surface area contributed by atoms with Gasteiger partial charge < -0.3 is 41.5 Å². The first-order valence-electron chi connectivity index (χ1n) is 20.7. The van der Waals surface area contributed by atoms with Crippen molar-refractivity contribution in [3.8, 4) is 0 Å². The molecular weight excluding hydrogens is 840 g/mol. The minimum atomic E-state index is -5.08. The van der Waals surface area contributed by atoms with E-state index in [-0.39, 0.29) is 43.9 Å². The number of carbonyl (C=O) groups is 7. The Morgan fingerprint density at radius 1 is 0.500 bits per heavy atom. The van der Waals surface area contributed by atoms with Crippen LogP contribution in [0.5, 0.6) is 0 Å². The number of carboxylic acid groups (broad SMARTS) is 2. The van der Waals surface area contributed by atoms with Gasteiger partial charge in [0.25, 0.3) is 0 Å². The van der Waals surface area contributed by atoms with Crippen molar-refractivity contribution in [2.45, 2.75) is 123 Å². The number of aliphatic carboxylic acids is 2. The summed E-state index contributed by atoms with van der Waals surface area (Å²) in [5.41, 5.74) is 1.40. The molecule has 0 aromatic heterocycles. The second-order valence-corrected chi connectivity index (χ2v) is 16.9. The zero-order chi connectivity index (χ0) is 48.2. The number of rotatable bonds is 20. The molecule has 0 bridgehead atoms. The van der Waals surface area contributed by atoms with Gasteiger partial charge in [0.15, 0.2) is 0 Å². The third-order valence-corrected chi connectivity index (χ3v) is 9.03. The number of carbonyl (C=O) groups excluding carboxylic acids is 5. The van der Waals surface area contributed by atoms with Crippen LogP contribution in [-0.4, -0.2) is 93.9 Å². The van der Waals surface area contributed by atoms with Gasteiger partial charge in [0.2, 0.25) is 23.6 Å². The lowest BCUT2D eigenvalue weighted by molar-refractivity contribution is -0.192. The first-order valence-corrected chi connectivity index (χ1v) is 20.7. The van der Waals surface area contributed by atoms with Gasteiger partial charge in [0.1, 0.15) is 35.8 Å². The Hall–Kier alpha value is -6.46. The van der Waals surface area contributed by atoms with Crippen LogP contribution in [0, 0.1) is 11.8 Å². The van der Waals surface area contributed by atoms with E-state index >= 15 is 0 Å². The van der Waals surface area contributed by atoms with Gasteiger partial charge in [-0.05, 0) is 62.1 Å². The molecule has 0 aliphatic rings. The van der Waals surface area contributed by atoms with E-state index in [1.54, 1.807) is 69.3 Å². The topological polar surface area (TPSA) is 229 Å². The minimum absolute atomic E-state index is 0.0411. The molecule has 15 nitrogen and oxygen atoms in total. The second-order valence-electron chi connectivity index (χ2n) is 16.9. The highest BCUT2D eigenvalue weighted by atomic mass is 19.4. The summed E-state index contributed by atoms with van der Waals surface area (Å²) in [4.78, 5) is 89.8. The van der Waals surface area contributed by atoms with E-state index in [1.165, 1.54) is 0 Å². The average Bonchev–Trinajstić information content (AvgIpc) is 3.19. The number of hydrogen-bond acceptors (Lipinski definition) is 8. The Bertz CT molecular complexity index is 1980. The SMILES string of the molecule is CC(C)C[C@@H](NC(=O)[C@H](Cc1ccccc1)NC(=O)[C@@H](CC(C)C)NC(=O)[C@H](Cc1ccccc1)NC(=O)OC(C)(C)C)C(=O)N[C@@H](Cc1ccccc1)C(=O)O.O=C(O)C(F)(F)F. The molecule has 64 heavy (non-hydrogen) atoms. The van der Waals surface area contributed by atoms with Gasteiger partial charge in [-0.2, -0.15) is 13.2 Å². The summed E-state index contributed by atoms with van der Waals surface area (Å²) in [6, 6.07) is 21.3. The van der Waals surface area contributed by atoms with E-state index < -0.39 is 83.6 Å². The largest absolute Gasteiger partial charge is 0.490 e. The maximum atomic E-state index is 14.1. The summed E-state index contributed by atoms with van der Waals surface area (Å²) in [7, 11) is 0. The van der Waals surface area contributed by atoms with Crippen molar-refractivity contribution in [3.05, 3.63) is 108 Å². The molecule has 3 aromatic rings. The maximum Gasteiger partial charge on any atom is 0.490 e. The van der Waals surface area contributed by atoms with Gasteiger partial charge in [-0.3, -0.25) is 19.2 Å². The molecule has 0 heterocycles. The van der Waals surface area contributed by atoms with E-state index in [0.717, 1.165) is 16.7 Å². The predicted octanol–water partition coefficient (Wildman–Crippen LogP) is 5.36. The molecule has 5 atom stereocenters. The van der Waals surface area contributed by atoms with Crippen LogP contribution in [0.15, 0.2) is 91.0 Å². The maximum absolute atomic E-state index is 14.1. The number of nitrogens with one attached hydrogen (secondary N) is 5. The van der Waals surface area contributed by atoms with Crippen molar-refractivity contribution < 1.29 is 61.7 Å². The third-order valence-electron chi connectivity index (χ3n) is 9.03. The highest BCUT2D eigenvalue weighted by molar-refractivity contribution is 5.96. The number of hydrogen-bond donors (Lipinski definition) is 7. The summed E-state index contributed by atoms with van der Waals surface area (Å²) >= 11 is 0. The van der Waals surface area contributed by atoms with Crippen LogP contribution in [0.2, 0.25) is 0 Å². The van der Waals surface area contributed by atoms with Crippen LogP contribution in [0.3, 0.4) is 0 Å². The monoisotopic (exact) mass is 899 g/mol. The number of amides is 5. The van der Waals surface area contributed by atoms with Gasteiger partial charge in [0, 0.05) is 19.3 Å². The molecule has 0 spiro atoms. The molecule has 0 saturated heterocycles. The highest BCUT2D eigenvalue weighted by Gasteiger charge is 2.38. The molecule has 0 unspecified atom stereocenters. The smallest absolute Gasteiger partial charge is 0.480 e. The Kier molecular flexibility index (Phi) is 21.5. The average molecular weight is 900 g/mol. The summed E-state index contributed by atoms with van der Waals surface area (Å²) in [5, 5.41) is 30.7. The van der Waals surface area contributed by atoms with Crippen LogP contribution in [0.25, 0.3) is 0 Å². The highest BCUT2D eigenvalue weighted by Crippen LogP contribution is 2.15. The van der Waals surface area contributed by atoms with Gasteiger partial charge in [0.05, 0.1) is 0 Å². The molecule has 3 rings (SSSR count). The molecule has 0 aliphatic carbocycles. The number of benzene rings is 3. The lowest BCUT2D eigenvalue weighted by Crippen LogP contribution is -2.60. The van der Waals surface area contributed by atoms with Crippen LogP contribution in [0.4, 0.5) is 18.0 Å². The Morgan fingerprint density at radius 3 is 1.08 bits per heavy atom. The standard InChI is InChI=1S/C44H59N5O8.C2HF3O2/c1-28(2)23-33(46-41(53)36(26-31-19-13-9-14-20-31)49-43(56)57-44(5,6)7)38(50)47-35(25-30-17-11-8-12-18-30)40(52)45-34(24-29(3)4)39(51)48-37(42(54)55)27-32-21-15-10-16-22-32;3-2(4,5)1(6)7/h8-22,28-29,33-37H,23-27H2,1-7H3,(H,45,52)(H,46,53)(H,47,50)(H,48,51)(H,49,56)(H,54,55);(H,6,7)/t33-,34-,35+,36+,37+;/m1./s1.